The van der Waals surface area contributed by atoms with Crippen LogP contribution in [-0.4, -0.2) is 23.0 Å². The van der Waals surface area contributed by atoms with Crippen LogP contribution in [0.3, 0.4) is 0 Å². The number of imide groups is 1. The van der Waals surface area contributed by atoms with Gasteiger partial charge in [-0.3, -0.25) is 10.1 Å². The molecule has 0 aliphatic rings. The summed E-state index contributed by atoms with van der Waals surface area (Å²) in [4.78, 5) is 32.8. The Bertz CT molecular complexity index is 550. The minimum Gasteiger partial charge on any atom is -0.478 e. The quantitative estimate of drug-likeness (QED) is 0.721. The van der Waals surface area contributed by atoms with Gasteiger partial charge in [0, 0.05) is 17.8 Å². The van der Waals surface area contributed by atoms with Gasteiger partial charge in [0.25, 0.3) is 5.91 Å². The van der Waals surface area contributed by atoms with Crippen LogP contribution < -0.4 is 10.6 Å². The molecule has 1 aromatic carbocycles. The van der Waals surface area contributed by atoms with E-state index in [-0.39, 0.29) is 0 Å². The van der Waals surface area contributed by atoms with E-state index in [4.69, 9.17) is 5.11 Å². The highest BCUT2D eigenvalue weighted by Crippen LogP contribution is 2.15. The van der Waals surface area contributed by atoms with Gasteiger partial charge in [-0.05, 0) is 25.5 Å². The zero-order valence-corrected chi connectivity index (χ0v) is 10.6. The number of anilines is 1. The third kappa shape index (κ3) is 5.03. The molecule has 0 spiro atoms. The van der Waals surface area contributed by atoms with Crippen molar-refractivity contribution in [3.63, 3.8) is 0 Å². The third-order valence-electron chi connectivity index (χ3n) is 2.24. The average molecular weight is 262 g/mol. The number of hydrogen-bond donors (Lipinski definition) is 3. The fraction of sp³-hybridized carbons (Fsp3) is 0.154. The van der Waals surface area contributed by atoms with E-state index in [9.17, 15) is 14.4 Å². The number of carboxylic acids is 1. The van der Waals surface area contributed by atoms with Crippen molar-refractivity contribution in [2.24, 2.45) is 0 Å². The van der Waals surface area contributed by atoms with E-state index in [2.05, 4.69) is 5.32 Å². The second-order valence-electron chi connectivity index (χ2n) is 3.93. The van der Waals surface area contributed by atoms with Crippen LogP contribution in [0.5, 0.6) is 0 Å². The fourth-order valence-electron chi connectivity index (χ4n) is 1.41. The van der Waals surface area contributed by atoms with Crippen LogP contribution >= 0.6 is 0 Å². The molecule has 100 valence electrons. The van der Waals surface area contributed by atoms with Gasteiger partial charge in [-0.25, -0.2) is 9.59 Å². The molecule has 0 aromatic heterocycles. The molecule has 1 rings (SSSR count). The first-order valence-electron chi connectivity index (χ1n) is 5.48. The second kappa shape index (κ2) is 6.34. The number of carbonyl (C=O) groups is 3. The first kappa shape index (κ1) is 14.4. The lowest BCUT2D eigenvalue weighted by Gasteiger charge is -2.08. The minimum atomic E-state index is -1.26. The molecule has 3 amide bonds. The molecule has 0 saturated carbocycles. The predicted octanol–water partition coefficient (Wildman–Crippen LogP) is 1.59. The zero-order valence-electron chi connectivity index (χ0n) is 10.6. The predicted molar refractivity (Wildman–Crippen MR) is 69.9 cm³/mol. The molecule has 6 heteroatoms. The standard InChI is InChI=1S/C13H14N2O4/c1-8-3-4-10(9(2)7-8)14-13(19)15-11(16)5-6-12(17)18/h3-7H,1-2H3,(H,17,18)(H2,14,15,16,19)/b6-5+. The van der Waals surface area contributed by atoms with Crippen LogP contribution in [0, 0.1) is 13.8 Å². The van der Waals surface area contributed by atoms with Crippen LogP contribution in [0.4, 0.5) is 10.5 Å². The summed E-state index contributed by atoms with van der Waals surface area (Å²) in [6, 6.07) is 4.73. The molecule has 0 unspecified atom stereocenters. The first-order chi connectivity index (χ1) is 8.88. The Labute approximate surface area is 110 Å². The van der Waals surface area contributed by atoms with Crippen molar-refractivity contribution in [2.45, 2.75) is 13.8 Å². The van der Waals surface area contributed by atoms with Crippen molar-refractivity contribution >= 4 is 23.6 Å². The summed E-state index contributed by atoms with van der Waals surface area (Å²) < 4.78 is 0. The Morgan fingerprint density at radius 2 is 1.84 bits per heavy atom. The summed E-state index contributed by atoms with van der Waals surface area (Å²) in [7, 11) is 0. The molecule has 0 atom stereocenters. The molecule has 0 aliphatic carbocycles. The van der Waals surface area contributed by atoms with Gasteiger partial charge in [0.1, 0.15) is 0 Å². The SMILES string of the molecule is Cc1ccc(NC(=O)NC(=O)/C=C/C(=O)O)c(C)c1. The van der Waals surface area contributed by atoms with Crippen LogP contribution in [0.25, 0.3) is 0 Å². The number of amides is 3. The number of carboxylic acid groups (broad SMARTS) is 1. The van der Waals surface area contributed by atoms with Gasteiger partial charge in [0.2, 0.25) is 0 Å². The van der Waals surface area contributed by atoms with E-state index < -0.39 is 17.9 Å². The Morgan fingerprint density at radius 3 is 2.42 bits per heavy atom. The average Bonchev–Trinajstić information content (AvgIpc) is 2.30. The smallest absolute Gasteiger partial charge is 0.328 e. The molecule has 1 aromatic rings. The summed E-state index contributed by atoms with van der Waals surface area (Å²) in [6.07, 6.45) is 1.42. The number of aryl methyl sites for hydroxylation is 2. The van der Waals surface area contributed by atoms with Gasteiger partial charge < -0.3 is 10.4 Å². The molecular weight excluding hydrogens is 248 g/mol. The van der Waals surface area contributed by atoms with Crippen LogP contribution in [0.15, 0.2) is 30.4 Å². The fourth-order valence-corrected chi connectivity index (χ4v) is 1.41. The molecule has 19 heavy (non-hydrogen) atoms. The highest BCUT2D eigenvalue weighted by molar-refractivity contribution is 6.06. The zero-order chi connectivity index (χ0) is 14.4. The second-order valence-corrected chi connectivity index (χ2v) is 3.93. The largest absolute Gasteiger partial charge is 0.478 e. The molecule has 0 bridgehead atoms. The maximum absolute atomic E-state index is 11.5. The number of rotatable bonds is 3. The van der Waals surface area contributed by atoms with Gasteiger partial charge in [-0.2, -0.15) is 0 Å². The van der Waals surface area contributed by atoms with Gasteiger partial charge in [0.15, 0.2) is 0 Å². The van der Waals surface area contributed by atoms with E-state index in [1.165, 1.54) is 0 Å². The lowest BCUT2D eigenvalue weighted by molar-refractivity contribution is -0.131. The van der Waals surface area contributed by atoms with Gasteiger partial charge >= 0.3 is 12.0 Å². The van der Waals surface area contributed by atoms with Gasteiger partial charge in [-0.1, -0.05) is 17.7 Å². The van der Waals surface area contributed by atoms with Gasteiger partial charge in [-0.15, -0.1) is 0 Å². The number of benzene rings is 1. The van der Waals surface area contributed by atoms with E-state index in [1.54, 1.807) is 6.07 Å². The topological polar surface area (TPSA) is 95.5 Å². The number of carbonyl (C=O) groups excluding carboxylic acids is 2. The maximum Gasteiger partial charge on any atom is 0.328 e. The summed E-state index contributed by atoms with van der Waals surface area (Å²) in [5.74, 6) is -2.06. The van der Waals surface area contributed by atoms with E-state index in [1.807, 2.05) is 31.3 Å². The molecule has 0 radical (unpaired) electrons. The van der Waals surface area contributed by atoms with Crippen molar-refractivity contribution in [1.29, 1.82) is 0 Å². The van der Waals surface area contributed by atoms with Crippen molar-refractivity contribution < 1.29 is 19.5 Å². The summed E-state index contributed by atoms with van der Waals surface area (Å²) in [6.45, 7) is 3.76. The number of urea groups is 1. The normalized spacial score (nSPS) is 10.2. The number of hydrogen-bond acceptors (Lipinski definition) is 3. The molecule has 0 heterocycles. The highest BCUT2D eigenvalue weighted by atomic mass is 16.4. The van der Waals surface area contributed by atoms with Crippen LogP contribution in [0.1, 0.15) is 11.1 Å². The first-order valence-corrected chi connectivity index (χ1v) is 5.48. The Hall–Kier alpha value is -2.63. The summed E-state index contributed by atoms with van der Waals surface area (Å²) >= 11 is 0. The minimum absolute atomic E-state index is 0.582. The Kier molecular flexibility index (Phi) is 4.82. The molecular formula is C13H14N2O4. The lowest BCUT2D eigenvalue weighted by Crippen LogP contribution is -2.33. The van der Waals surface area contributed by atoms with Crippen LogP contribution in [0.2, 0.25) is 0 Å². The number of aliphatic carboxylic acids is 1. The van der Waals surface area contributed by atoms with Crippen LogP contribution in [-0.2, 0) is 9.59 Å². The summed E-state index contributed by atoms with van der Waals surface area (Å²) in [5.41, 5.74) is 2.51. The van der Waals surface area contributed by atoms with E-state index in [0.717, 1.165) is 17.2 Å². The molecule has 6 nitrogen and oxygen atoms in total. The molecule has 0 saturated heterocycles. The van der Waals surface area contributed by atoms with E-state index >= 15 is 0 Å². The lowest BCUT2D eigenvalue weighted by atomic mass is 10.1. The van der Waals surface area contributed by atoms with Crippen molar-refractivity contribution in [3.8, 4) is 0 Å². The monoisotopic (exact) mass is 262 g/mol. The number of nitrogens with one attached hydrogen (secondary N) is 2. The van der Waals surface area contributed by atoms with Crippen molar-refractivity contribution in [2.75, 3.05) is 5.32 Å². The Morgan fingerprint density at radius 1 is 1.16 bits per heavy atom. The molecule has 0 aliphatic heterocycles. The molecule has 3 N–H and O–H groups in total. The van der Waals surface area contributed by atoms with Crippen molar-refractivity contribution in [1.82, 2.24) is 5.32 Å². The Balaban J connectivity index is 2.60. The summed E-state index contributed by atoms with van der Waals surface area (Å²) in [5, 5.41) is 12.8. The van der Waals surface area contributed by atoms with Gasteiger partial charge in [0.05, 0.1) is 0 Å². The third-order valence-corrected chi connectivity index (χ3v) is 2.24. The van der Waals surface area contributed by atoms with Crippen molar-refractivity contribution in [3.05, 3.63) is 41.5 Å². The van der Waals surface area contributed by atoms with E-state index in [0.29, 0.717) is 11.8 Å². The molecule has 0 fully saturated rings. The highest BCUT2D eigenvalue weighted by Gasteiger charge is 2.07. The maximum atomic E-state index is 11.5.